The molecular formula is C35H53N5O12. The quantitative estimate of drug-likeness (QED) is 0.155. The van der Waals surface area contributed by atoms with Crippen LogP contribution in [0, 0.1) is 46.3 Å². The highest BCUT2D eigenvalue weighted by molar-refractivity contribution is 5.88. The Kier molecular flexibility index (Phi) is 10.9. The lowest BCUT2D eigenvalue weighted by molar-refractivity contribution is -0.209. The molecule has 0 bridgehead atoms. The van der Waals surface area contributed by atoms with Gasteiger partial charge in [-0.2, -0.15) is 0 Å². The van der Waals surface area contributed by atoms with Crippen molar-refractivity contribution in [2.24, 2.45) is 52.1 Å². The summed E-state index contributed by atoms with van der Waals surface area (Å²) in [7, 11) is 0. The van der Waals surface area contributed by atoms with Crippen molar-refractivity contribution in [1.82, 2.24) is 20.1 Å². The highest BCUT2D eigenvalue weighted by atomic mass is 16.6. The predicted octanol–water partition coefficient (Wildman–Crippen LogP) is 0.736. The lowest BCUT2D eigenvalue weighted by Gasteiger charge is -2.63. The Morgan fingerprint density at radius 2 is 1.83 bits per heavy atom. The van der Waals surface area contributed by atoms with Crippen molar-refractivity contribution in [3.63, 3.8) is 0 Å². The van der Waals surface area contributed by atoms with Gasteiger partial charge >= 0.3 is 18.0 Å². The van der Waals surface area contributed by atoms with Crippen molar-refractivity contribution >= 4 is 23.9 Å². The molecule has 5 aliphatic rings. The van der Waals surface area contributed by atoms with E-state index in [0.29, 0.717) is 32.1 Å². The van der Waals surface area contributed by atoms with Gasteiger partial charge in [-0.25, -0.2) is 14.5 Å². The predicted molar refractivity (Wildman–Crippen MR) is 178 cm³/mol. The van der Waals surface area contributed by atoms with Crippen molar-refractivity contribution in [3.05, 3.63) is 12.2 Å². The molecule has 52 heavy (non-hydrogen) atoms. The first kappa shape index (κ1) is 38.3. The highest BCUT2D eigenvalue weighted by Crippen LogP contribution is 2.68. The fourth-order valence-corrected chi connectivity index (χ4v) is 11.0. The Morgan fingerprint density at radius 3 is 2.52 bits per heavy atom. The van der Waals surface area contributed by atoms with E-state index in [2.05, 4.69) is 36.2 Å². The van der Waals surface area contributed by atoms with Gasteiger partial charge in [0.2, 0.25) is 5.82 Å². The maximum atomic E-state index is 12.8. The van der Waals surface area contributed by atoms with E-state index < -0.39 is 79.9 Å². The Morgan fingerprint density at radius 1 is 1.08 bits per heavy atom. The minimum absolute atomic E-state index is 0.0442. The van der Waals surface area contributed by atoms with Crippen LogP contribution in [0.4, 0.5) is 4.79 Å². The molecule has 290 valence electrons. The highest BCUT2D eigenvalue weighted by Gasteiger charge is 2.66. The Bertz CT molecular complexity index is 1510. The molecule has 5 fully saturated rings. The molecule has 4 saturated carbocycles. The third-order valence-corrected chi connectivity index (χ3v) is 13.7. The number of fused-ring (bicyclic) bond motifs is 5. The summed E-state index contributed by atoms with van der Waals surface area (Å²) < 4.78 is 17.4. The number of nitrogens with one attached hydrogen (secondary N) is 1. The van der Waals surface area contributed by atoms with Gasteiger partial charge in [-0.05, 0) is 97.7 Å². The second-order valence-electron chi connectivity index (χ2n) is 16.3. The van der Waals surface area contributed by atoms with Gasteiger partial charge in [-0.15, -0.1) is 5.10 Å². The number of primary amides is 1. The first-order valence-electron chi connectivity index (χ1n) is 18.4. The van der Waals surface area contributed by atoms with Crippen LogP contribution in [0.25, 0.3) is 0 Å². The topological polar surface area (TPSA) is 266 Å². The number of amides is 2. The summed E-state index contributed by atoms with van der Waals surface area (Å²) >= 11 is 0. The number of ether oxygens (including phenoxy) is 3. The second-order valence-corrected chi connectivity index (χ2v) is 16.3. The standard InChI is InChI=1S/C35H53N5O12/c1-16(4-7-25(43)44)19-5-6-20-27-21(12-24(42)35(19,20)3)34(2)9-8-18(10-17(34)11-22(27)41)51-26(45)13-37-33(49)50-14-23-28(46)29(47)32(52-23)40-15-38-31(39-40)30(36)48/h15-24,27-29,32,41-42,46-47H,4-14H2,1-3H3,(H2,36,48)(H,37,49)(H,43,44). The Balaban J connectivity index is 0.977. The summed E-state index contributed by atoms with van der Waals surface area (Å²) in [5.74, 6) is -1.92. The molecule has 0 aromatic carbocycles. The largest absolute Gasteiger partial charge is 0.481 e. The number of aliphatic carboxylic acids is 1. The number of esters is 1. The van der Waals surface area contributed by atoms with Crippen LogP contribution in [-0.2, 0) is 23.8 Å². The van der Waals surface area contributed by atoms with Crippen molar-refractivity contribution in [2.75, 3.05) is 13.2 Å². The molecule has 15 unspecified atom stereocenters. The van der Waals surface area contributed by atoms with Gasteiger partial charge < -0.3 is 50.8 Å². The molecule has 2 amide bonds. The van der Waals surface area contributed by atoms with Gasteiger partial charge in [-0.3, -0.25) is 14.4 Å². The number of rotatable bonds is 11. The number of carboxylic acid groups (broad SMARTS) is 1. The van der Waals surface area contributed by atoms with E-state index in [4.69, 9.17) is 19.9 Å². The van der Waals surface area contributed by atoms with E-state index in [1.807, 2.05) is 0 Å². The van der Waals surface area contributed by atoms with Crippen LogP contribution < -0.4 is 11.1 Å². The van der Waals surface area contributed by atoms with E-state index in [1.165, 1.54) is 0 Å². The molecule has 17 nitrogen and oxygen atoms in total. The summed E-state index contributed by atoms with van der Waals surface area (Å²) in [6.45, 7) is 5.59. The zero-order valence-electron chi connectivity index (χ0n) is 29.9. The van der Waals surface area contributed by atoms with Crippen molar-refractivity contribution in [3.8, 4) is 0 Å². The summed E-state index contributed by atoms with van der Waals surface area (Å²) in [6.07, 6.45) is -1.02. The average Bonchev–Trinajstić information content (AvgIpc) is 3.79. The average molecular weight is 736 g/mol. The number of aliphatic hydroxyl groups is 4. The Labute approximate surface area is 301 Å². The van der Waals surface area contributed by atoms with Gasteiger partial charge in [0, 0.05) is 6.42 Å². The smallest absolute Gasteiger partial charge is 0.407 e. The number of hydrogen-bond acceptors (Lipinski definition) is 13. The third kappa shape index (κ3) is 7.01. The van der Waals surface area contributed by atoms with Crippen LogP contribution in [0.2, 0.25) is 0 Å². The van der Waals surface area contributed by atoms with E-state index in [-0.39, 0.29) is 58.6 Å². The molecule has 0 spiro atoms. The zero-order valence-corrected chi connectivity index (χ0v) is 29.9. The summed E-state index contributed by atoms with van der Waals surface area (Å²) in [4.78, 5) is 51.4. The number of hydrogen-bond donors (Lipinski definition) is 7. The molecule has 1 aliphatic heterocycles. The number of carboxylic acids is 1. The molecule has 1 aromatic heterocycles. The van der Waals surface area contributed by atoms with E-state index in [0.717, 1.165) is 30.3 Å². The number of aliphatic hydroxyl groups excluding tert-OH is 4. The molecule has 6 rings (SSSR count). The maximum Gasteiger partial charge on any atom is 0.407 e. The third-order valence-electron chi connectivity index (χ3n) is 13.7. The number of carbonyl (C=O) groups excluding carboxylic acids is 3. The molecule has 17 heteroatoms. The summed E-state index contributed by atoms with van der Waals surface area (Å²) in [6, 6.07) is 0. The zero-order chi connectivity index (χ0) is 37.7. The summed E-state index contributed by atoms with van der Waals surface area (Å²) in [5, 5.41) is 59.6. The molecule has 4 aliphatic carbocycles. The van der Waals surface area contributed by atoms with Gasteiger partial charge in [0.1, 0.15) is 43.9 Å². The summed E-state index contributed by atoms with van der Waals surface area (Å²) in [5.41, 5.74) is 4.61. The molecule has 0 radical (unpaired) electrons. The van der Waals surface area contributed by atoms with Gasteiger partial charge in [0.15, 0.2) is 6.23 Å². The lowest BCUT2D eigenvalue weighted by atomic mass is 9.43. The first-order valence-corrected chi connectivity index (χ1v) is 18.4. The molecule has 15 atom stereocenters. The van der Waals surface area contributed by atoms with Crippen LogP contribution in [-0.4, -0.2) is 114 Å². The van der Waals surface area contributed by atoms with Crippen LogP contribution in [0.3, 0.4) is 0 Å². The SMILES string of the molecule is CC(CCC(=O)O)C1CCC2C3C(O)CC4CC(OC(=O)CNC(=O)OCC5OC(n6cnc(C(N)=O)n6)C(O)C5O)CCC4(C)C3CC(O)C12C. The number of aromatic nitrogens is 3. The minimum Gasteiger partial charge on any atom is -0.481 e. The van der Waals surface area contributed by atoms with Crippen LogP contribution >= 0.6 is 0 Å². The van der Waals surface area contributed by atoms with Crippen LogP contribution in [0.5, 0.6) is 0 Å². The van der Waals surface area contributed by atoms with Gasteiger partial charge in [0.25, 0.3) is 5.91 Å². The van der Waals surface area contributed by atoms with Crippen molar-refractivity contribution in [2.45, 2.75) is 121 Å². The van der Waals surface area contributed by atoms with Gasteiger partial charge in [0.05, 0.1) is 12.2 Å². The monoisotopic (exact) mass is 735 g/mol. The molecule has 1 aromatic rings. The van der Waals surface area contributed by atoms with E-state index in [1.54, 1.807) is 0 Å². The maximum absolute atomic E-state index is 12.8. The lowest BCUT2D eigenvalue weighted by Crippen LogP contribution is -2.62. The Hall–Kier alpha value is -3.38. The number of nitrogens with zero attached hydrogens (tertiary/aromatic N) is 3. The second kappa shape index (κ2) is 14.8. The van der Waals surface area contributed by atoms with Crippen LogP contribution in [0.15, 0.2) is 6.33 Å². The van der Waals surface area contributed by atoms with E-state index in [9.17, 15) is 44.7 Å². The number of nitrogens with two attached hydrogens (primary N) is 1. The molecule has 1 saturated heterocycles. The van der Waals surface area contributed by atoms with Crippen LogP contribution in [0.1, 0.15) is 95.4 Å². The fourth-order valence-electron chi connectivity index (χ4n) is 11.0. The number of carbonyl (C=O) groups is 4. The van der Waals surface area contributed by atoms with Gasteiger partial charge in [-0.1, -0.05) is 20.8 Å². The minimum atomic E-state index is -1.47. The van der Waals surface area contributed by atoms with Crippen molar-refractivity contribution < 1.29 is 58.9 Å². The number of alkyl carbamates (subject to hydrolysis) is 1. The fraction of sp³-hybridized carbons (Fsp3) is 0.829. The van der Waals surface area contributed by atoms with E-state index >= 15 is 0 Å². The van der Waals surface area contributed by atoms with Crippen molar-refractivity contribution in [1.29, 1.82) is 0 Å². The normalized spacial score (nSPS) is 41.6. The molecule has 2 heterocycles. The first-order chi connectivity index (χ1) is 24.5. The molecule has 8 N–H and O–H groups in total. The molecular weight excluding hydrogens is 682 g/mol.